The highest BCUT2D eigenvalue weighted by Crippen LogP contribution is 2.31. The lowest BCUT2D eigenvalue weighted by Gasteiger charge is -2.08. The summed E-state index contributed by atoms with van der Waals surface area (Å²) in [6.45, 7) is 0. The highest BCUT2D eigenvalue weighted by atomic mass is 79.9. The average molecular weight is 382 g/mol. The summed E-state index contributed by atoms with van der Waals surface area (Å²) in [7, 11) is 0. The standard InChI is InChI=1S/C11H5Br2F3N2/c12-7-3-1-2-6(4-7)8-5-9(11(14,15)16)18-10(13)17-8/h1-5H. The third-order valence-corrected chi connectivity index (χ3v) is 2.96. The van der Waals surface area contributed by atoms with E-state index in [-0.39, 0.29) is 10.4 Å². The quantitative estimate of drug-likeness (QED) is 0.670. The number of aromatic nitrogens is 2. The Kier molecular flexibility index (Phi) is 3.72. The highest BCUT2D eigenvalue weighted by molar-refractivity contribution is 9.10. The van der Waals surface area contributed by atoms with Crippen molar-refractivity contribution >= 4 is 31.9 Å². The predicted octanol–water partition coefficient (Wildman–Crippen LogP) is 4.69. The molecule has 0 bridgehead atoms. The van der Waals surface area contributed by atoms with Gasteiger partial charge in [0.15, 0.2) is 4.73 Å². The molecule has 0 radical (unpaired) electrons. The van der Waals surface area contributed by atoms with Crippen LogP contribution in [0.3, 0.4) is 0 Å². The van der Waals surface area contributed by atoms with Gasteiger partial charge in [-0.1, -0.05) is 28.1 Å². The molecule has 1 aromatic heterocycles. The van der Waals surface area contributed by atoms with E-state index in [1.807, 2.05) is 0 Å². The Bertz CT molecular complexity index is 585. The molecular formula is C11H5Br2F3N2. The summed E-state index contributed by atoms with van der Waals surface area (Å²) in [6, 6.07) is 7.80. The van der Waals surface area contributed by atoms with Crippen LogP contribution < -0.4 is 0 Å². The maximum absolute atomic E-state index is 12.6. The number of hydrogen-bond donors (Lipinski definition) is 0. The van der Waals surface area contributed by atoms with Gasteiger partial charge < -0.3 is 0 Å². The molecule has 0 saturated carbocycles. The Morgan fingerprint density at radius 3 is 2.33 bits per heavy atom. The number of rotatable bonds is 1. The Labute approximate surface area is 118 Å². The van der Waals surface area contributed by atoms with Gasteiger partial charge in [-0.3, -0.25) is 0 Å². The third-order valence-electron chi connectivity index (χ3n) is 2.11. The zero-order valence-electron chi connectivity index (χ0n) is 8.67. The molecule has 2 aromatic rings. The van der Waals surface area contributed by atoms with Crippen LogP contribution in [0.15, 0.2) is 39.5 Å². The lowest BCUT2D eigenvalue weighted by molar-refractivity contribution is -0.141. The second-order valence-corrected chi connectivity index (χ2v) is 5.04. The minimum absolute atomic E-state index is 0.0905. The molecule has 0 amide bonds. The van der Waals surface area contributed by atoms with Gasteiger partial charge >= 0.3 is 6.18 Å². The van der Waals surface area contributed by atoms with Crippen molar-refractivity contribution in [2.75, 3.05) is 0 Å². The Morgan fingerprint density at radius 2 is 1.72 bits per heavy atom. The third kappa shape index (κ3) is 3.08. The minimum Gasteiger partial charge on any atom is -0.222 e. The van der Waals surface area contributed by atoms with E-state index in [1.165, 1.54) is 0 Å². The summed E-state index contributed by atoms with van der Waals surface area (Å²) >= 11 is 6.15. The number of alkyl halides is 3. The molecule has 0 fully saturated rings. The molecular weight excluding hydrogens is 377 g/mol. The fraction of sp³-hybridized carbons (Fsp3) is 0.0909. The van der Waals surface area contributed by atoms with Gasteiger partial charge in [-0.15, -0.1) is 0 Å². The van der Waals surface area contributed by atoms with Gasteiger partial charge in [0.2, 0.25) is 0 Å². The van der Waals surface area contributed by atoms with E-state index in [0.29, 0.717) is 5.56 Å². The highest BCUT2D eigenvalue weighted by Gasteiger charge is 2.33. The van der Waals surface area contributed by atoms with Gasteiger partial charge in [0.25, 0.3) is 0 Å². The molecule has 0 saturated heterocycles. The van der Waals surface area contributed by atoms with Crippen molar-refractivity contribution in [2.45, 2.75) is 6.18 Å². The molecule has 1 heterocycles. The molecule has 0 aliphatic heterocycles. The molecule has 1 aromatic carbocycles. The molecule has 94 valence electrons. The van der Waals surface area contributed by atoms with Crippen molar-refractivity contribution in [1.29, 1.82) is 0 Å². The van der Waals surface area contributed by atoms with Crippen molar-refractivity contribution in [3.8, 4) is 11.3 Å². The van der Waals surface area contributed by atoms with E-state index in [2.05, 4.69) is 41.8 Å². The maximum Gasteiger partial charge on any atom is 0.433 e. The molecule has 2 nitrogen and oxygen atoms in total. The molecule has 0 atom stereocenters. The van der Waals surface area contributed by atoms with Crippen molar-refractivity contribution in [2.24, 2.45) is 0 Å². The predicted molar refractivity (Wildman–Crippen MR) is 67.9 cm³/mol. The first kappa shape index (κ1) is 13.5. The fourth-order valence-corrected chi connectivity index (χ4v) is 2.14. The molecule has 2 rings (SSSR count). The van der Waals surface area contributed by atoms with Crippen LogP contribution in [0.2, 0.25) is 0 Å². The Hall–Kier alpha value is -0.950. The summed E-state index contributed by atoms with van der Waals surface area (Å²) < 4.78 is 38.5. The summed E-state index contributed by atoms with van der Waals surface area (Å²) in [5.74, 6) is 0. The van der Waals surface area contributed by atoms with E-state index in [0.717, 1.165) is 10.5 Å². The van der Waals surface area contributed by atoms with Crippen molar-refractivity contribution in [3.63, 3.8) is 0 Å². The second kappa shape index (κ2) is 4.97. The SMILES string of the molecule is FC(F)(F)c1cc(-c2cccc(Br)c2)nc(Br)n1. The van der Waals surface area contributed by atoms with Crippen LogP contribution in [0.1, 0.15) is 5.69 Å². The number of hydrogen-bond acceptors (Lipinski definition) is 2. The molecule has 0 spiro atoms. The monoisotopic (exact) mass is 380 g/mol. The first-order valence-corrected chi connectivity index (χ1v) is 6.32. The van der Waals surface area contributed by atoms with Crippen molar-refractivity contribution in [3.05, 3.63) is 45.2 Å². The largest absolute Gasteiger partial charge is 0.433 e. The smallest absolute Gasteiger partial charge is 0.222 e. The summed E-state index contributed by atoms with van der Waals surface area (Å²) in [6.07, 6.45) is -4.49. The average Bonchev–Trinajstić information content (AvgIpc) is 2.27. The van der Waals surface area contributed by atoms with Crippen LogP contribution in [0, 0.1) is 0 Å². The Balaban J connectivity index is 2.55. The molecule has 7 heteroatoms. The van der Waals surface area contributed by atoms with Crippen LogP contribution in [-0.4, -0.2) is 9.97 Å². The number of nitrogens with zero attached hydrogens (tertiary/aromatic N) is 2. The van der Waals surface area contributed by atoms with Crippen LogP contribution >= 0.6 is 31.9 Å². The summed E-state index contributed by atoms with van der Waals surface area (Å²) in [5.41, 5.74) is -0.178. The topological polar surface area (TPSA) is 25.8 Å². The van der Waals surface area contributed by atoms with Gasteiger partial charge in [0, 0.05) is 10.0 Å². The normalized spacial score (nSPS) is 11.6. The van der Waals surface area contributed by atoms with Crippen LogP contribution in [0.5, 0.6) is 0 Å². The van der Waals surface area contributed by atoms with Crippen LogP contribution in [0.4, 0.5) is 13.2 Å². The van der Waals surface area contributed by atoms with Gasteiger partial charge in [0.05, 0.1) is 5.69 Å². The summed E-state index contributed by atoms with van der Waals surface area (Å²) in [5, 5.41) is 0. The minimum atomic E-state index is -4.49. The van der Waals surface area contributed by atoms with E-state index >= 15 is 0 Å². The van der Waals surface area contributed by atoms with E-state index in [4.69, 9.17) is 0 Å². The van der Waals surface area contributed by atoms with E-state index < -0.39 is 11.9 Å². The molecule has 0 aliphatic rings. The zero-order valence-corrected chi connectivity index (χ0v) is 11.8. The number of halogens is 5. The molecule has 0 aliphatic carbocycles. The van der Waals surface area contributed by atoms with E-state index in [1.54, 1.807) is 24.3 Å². The van der Waals surface area contributed by atoms with E-state index in [9.17, 15) is 13.2 Å². The van der Waals surface area contributed by atoms with Gasteiger partial charge in [-0.05, 0) is 34.1 Å². The zero-order chi connectivity index (χ0) is 13.3. The fourth-order valence-electron chi connectivity index (χ4n) is 1.36. The first-order chi connectivity index (χ1) is 8.36. The Morgan fingerprint density at radius 1 is 1.00 bits per heavy atom. The van der Waals surface area contributed by atoms with Crippen molar-refractivity contribution in [1.82, 2.24) is 9.97 Å². The van der Waals surface area contributed by atoms with Gasteiger partial charge in [-0.2, -0.15) is 13.2 Å². The van der Waals surface area contributed by atoms with Crippen molar-refractivity contribution < 1.29 is 13.2 Å². The lowest BCUT2D eigenvalue weighted by Crippen LogP contribution is -2.09. The number of benzene rings is 1. The molecule has 0 unspecified atom stereocenters. The van der Waals surface area contributed by atoms with Crippen LogP contribution in [-0.2, 0) is 6.18 Å². The first-order valence-electron chi connectivity index (χ1n) is 4.74. The summed E-state index contributed by atoms with van der Waals surface area (Å²) in [4.78, 5) is 7.27. The maximum atomic E-state index is 12.6. The van der Waals surface area contributed by atoms with Crippen LogP contribution in [0.25, 0.3) is 11.3 Å². The molecule has 0 N–H and O–H groups in total. The lowest BCUT2D eigenvalue weighted by atomic mass is 10.1. The second-order valence-electron chi connectivity index (χ2n) is 3.42. The molecule has 18 heavy (non-hydrogen) atoms. The van der Waals surface area contributed by atoms with Gasteiger partial charge in [-0.25, -0.2) is 9.97 Å². The van der Waals surface area contributed by atoms with Gasteiger partial charge in [0.1, 0.15) is 5.69 Å².